The number of fused-ring (bicyclic) bond motifs is 1. The second-order valence-electron chi connectivity index (χ2n) is 8.48. The molecule has 1 aromatic carbocycles. The maximum Gasteiger partial charge on any atom is 0.253 e. The average Bonchev–Trinajstić information content (AvgIpc) is 3.48. The Labute approximate surface area is 175 Å². The zero-order chi connectivity index (χ0) is 20.5. The van der Waals surface area contributed by atoms with E-state index in [1.165, 1.54) is 10.9 Å². The van der Waals surface area contributed by atoms with Gasteiger partial charge in [-0.05, 0) is 79.5 Å². The van der Waals surface area contributed by atoms with E-state index in [1.54, 1.807) is 6.20 Å². The number of hydrogen-bond acceptors (Lipinski definition) is 3. The lowest BCUT2D eigenvalue weighted by Gasteiger charge is -2.32. The molecule has 1 saturated heterocycles. The number of H-pyrrole nitrogens is 1. The average molecular weight is 402 g/mol. The fraction of sp³-hybridized carbons (Fsp3) is 0.375. The van der Waals surface area contributed by atoms with E-state index >= 15 is 0 Å². The number of carbonyl (C=O) groups excluding carboxylic acids is 2. The summed E-state index contributed by atoms with van der Waals surface area (Å²) in [6, 6.07) is 11.3. The van der Waals surface area contributed by atoms with Crippen LogP contribution in [0.1, 0.15) is 53.9 Å². The van der Waals surface area contributed by atoms with Gasteiger partial charge in [0.05, 0.1) is 0 Å². The van der Waals surface area contributed by atoms with Crippen LogP contribution in [-0.4, -0.2) is 39.8 Å². The molecule has 6 heteroatoms. The minimum Gasteiger partial charge on any atom is -0.346 e. The quantitative estimate of drug-likeness (QED) is 0.667. The largest absolute Gasteiger partial charge is 0.346 e. The van der Waals surface area contributed by atoms with Crippen molar-refractivity contribution in [2.75, 3.05) is 18.4 Å². The van der Waals surface area contributed by atoms with Crippen molar-refractivity contribution in [3.63, 3.8) is 0 Å². The Hall–Kier alpha value is -3.15. The molecular formula is C24H26N4O2. The van der Waals surface area contributed by atoms with E-state index in [0.29, 0.717) is 23.8 Å². The van der Waals surface area contributed by atoms with Crippen LogP contribution >= 0.6 is 0 Å². The highest BCUT2D eigenvalue weighted by molar-refractivity contribution is 5.96. The summed E-state index contributed by atoms with van der Waals surface area (Å²) in [5.41, 5.74) is 3.65. The molecule has 2 fully saturated rings. The van der Waals surface area contributed by atoms with Gasteiger partial charge in [-0.1, -0.05) is 0 Å². The number of nitrogens with one attached hydrogen (secondary N) is 2. The van der Waals surface area contributed by atoms with E-state index in [2.05, 4.69) is 27.5 Å². The minimum atomic E-state index is 0.0601. The molecule has 0 atom stereocenters. The van der Waals surface area contributed by atoms with Gasteiger partial charge in [0.25, 0.3) is 5.91 Å². The van der Waals surface area contributed by atoms with Crippen molar-refractivity contribution in [3.05, 3.63) is 59.9 Å². The van der Waals surface area contributed by atoms with Gasteiger partial charge >= 0.3 is 0 Å². The Bertz CT molecular complexity index is 1060. The first-order valence-electron chi connectivity index (χ1n) is 10.8. The third kappa shape index (κ3) is 3.95. The summed E-state index contributed by atoms with van der Waals surface area (Å²) < 4.78 is 0. The van der Waals surface area contributed by atoms with Crippen molar-refractivity contribution in [3.8, 4) is 0 Å². The molecule has 30 heavy (non-hydrogen) atoms. The zero-order valence-electron chi connectivity index (χ0n) is 16.9. The monoisotopic (exact) mass is 402 g/mol. The smallest absolute Gasteiger partial charge is 0.253 e. The Morgan fingerprint density at radius 3 is 2.57 bits per heavy atom. The van der Waals surface area contributed by atoms with Gasteiger partial charge in [0, 0.05) is 48.5 Å². The van der Waals surface area contributed by atoms with Crippen LogP contribution in [0.25, 0.3) is 11.0 Å². The Kier molecular flexibility index (Phi) is 4.99. The number of hydrogen-bond donors (Lipinski definition) is 2. The van der Waals surface area contributed by atoms with Crippen LogP contribution in [0.4, 0.5) is 5.69 Å². The standard InChI is InChI=1S/C24H26N4O2/c29-22(14-16-3-4-16)27-19-7-5-18(6-8-19)24(30)28-12-9-17(10-13-28)21-15-26-23-20(21)2-1-11-25-23/h1-2,5-8,11,15-17H,3-4,9-10,12-14H2,(H,25,26)(H,27,29). The predicted octanol–water partition coefficient (Wildman–Crippen LogP) is 4.32. The number of benzene rings is 1. The van der Waals surface area contributed by atoms with Crippen molar-refractivity contribution in [1.29, 1.82) is 0 Å². The summed E-state index contributed by atoms with van der Waals surface area (Å²) in [7, 11) is 0. The third-order valence-corrected chi connectivity index (χ3v) is 6.29. The van der Waals surface area contributed by atoms with Crippen LogP contribution < -0.4 is 5.32 Å². The molecule has 3 heterocycles. The second-order valence-corrected chi connectivity index (χ2v) is 8.48. The van der Waals surface area contributed by atoms with E-state index in [1.807, 2.05) is 35.2 Å². The van der Waals surface area contributed by atoms with Crippen molar-refractivity contribution in [1.82, 2.24) is 14.9 Å². The fourth-order valence-electron chi connectivity index (χ4n) is 4.38. The lowest BCUT2D eigenvalue weighted by molar-refractivity contribution is -0.116. The van der Waals surface area contributed by atoms with Gasteiger partial charge in [0.1, 0.15) is 5.65 Å². The van der Waals surface area contributed by atoms with Crippen molar-refractivity contribution >= 4 is 28.5 Å². The highest BCUT2D eigenvalue weighted by atomic mass is 16.2. The third-order valence-electron chi connectivity index (χ3n) is 6.29. The van der Waals surface area contributed by atoms with Gasteiger partial charge in [0.2, 0.25) is 5.91 Å². The first-order valence-corrected chi connectivity index (χ1v) is 10.8. The topological polar surface area (TPSA) is 78.1 Å². The lowest BCUT2D eigenvalue weighted by atomic mass is 9.89. The van der Waals surface area contributed by atoms with Gasteiger partial charge in [-0.3, -0.25) is 9.59 Å². The number of pyridine rings is 1. The summed E-state index contributed by atoms with van der Waals surface area (Å²) in [6.45, 7) is 1.49. The predicted molar refractivity (Wildman–Crippen MR) is 116 cm³/mol. The molecule has 0 unspecified atom stereocenters. The fourth-order valence-corrected chi connectivity index (χ4v) is 4.38. The molecule has 5 rings (SSSR count). The van der Waals surface area contributed by atoms with Crippen molar-refractivity contribution < 1.29 is 9.59 Å². The van der Waals surface area contributed by atoms with Crippen LogP contribution in [-0.2, 0) is 4.79 Å². The van der Waals surface area contributed by atoms with E-state index in [9.17, 15) is 9.59 Å². The maximum atomic E-state index is 12.9. The number of piperidine rings is 1. The van der Waals surface area contributed by atoms with Gasteiger partial charge in [-0.2, -0.15) is 0 Å². The second kappa shape index (κ2) is 7.94. The molecule has 0 radical (unpaired) electrons. The molecule has 0 spiro atoms. The van der Waals surface area contributed by atoms with E-state index in [0.717, 1.165) is 50.1 Å². The molecule has 1 aliphatic carbocycles. The molecule has 1 saturated carbocycles. The van der Waals surface area contributed by atoms with Crippen molar-refractivity contribution in [2.45, 2.75) is 38.0 Å². The van der Waals surface area contributed by atoms with Crippen molar-refractivity contribution in [2.24, 2.45) is 5.92 Å². The van der Waals surface area contributed by atoms with E-state index < -0.39 is 0 Å². The summed E-state index contributed by atoms with van der Waals surface area (Å²) in [5.74, 6) is 1.13. The highest BCUT2D eigenvalue weighted by Crippen LogP contribution is 2.33. The molecule has 2 amide bonds. The molecule has 154 valence electrons. The summed E-state index contributed by atoms with van der Waals surface area (Å²) >= 11 is 0. The summed E-state index contributed by atoms with van der Waals surface area (Å²) in [6.07, 6.45) is 8.68. The molecule has 0 bridgehead atoms. The number of nitrogens with zero attached hydrogens (tertiary/aromatic N) is 2. The SMILES string of the molecule is O=C(CC1CC1)Nc1ccc(C(=O)N2CCC(c3c[nH]c4ncccc34)CC2)cc1. The molecular weight excluding hydrogens is 376 g/mol. The molecule has 2 N–H and O–H groups in total. The Morgan fingerprint density at radius 1 is 1.07 bits per heavy atom. The first-order chi connectivity index (χ1) is 14.7. The first kappa shape index (κ1) is 18.9. The van der Waals surface area contributed by atoms with E-state index in [4.69, 9.17) is 0 Å². The molecule has 3 aromatic rings. The number of amides is 2. The van der Waals surface area contributed by atoms with Crippen LogP contribution in [0.3, 0.4) is 0 Å². The molecule has 1 aliphatic heterocycles. The summed E-state index contributed by atoms with van der Waals surface area (Å²) in [5, 5.41) is 4.11. The van der Waals surface area contributed by atoms with Gasteiger partial charge in [-0.15, -0.1) is 0 Å². The van der Waals surface area contributed by atoms with Gasteiger partial charge < -0.3 is 15.2 Å². The van der Waals surface area contributed by atoms with Crippen LogP contribution in [0.15, 0.2) is 48.8 Å². The summed E-state index contributed by atoms with van der Waals surface area (Å²) in [4.78, 5) is 34.4. The number of likely N-dealkylation sites (tertiary alicyclic amines) is 1. The molecule has 2 aromatic heterocycles. The number of anilines is 1. The van der Waals surface area contributed by atoms with E-state index in [-0.39, 0.29) is 11.8 Å². The van der Waals surface area contributed by atoms with Crippen LogP contribution in [0.5, 0.6) is 0 Å². The van der Waals surface area contributed by atoms with Gasteiger partial charge in [-0.25, -0.2) is 4.98 Å². The lowest BCUT2D eigenvalue weighted by Crippen LogP contribution is -2.37. The maximum absolute atomic E-state index is 12.9. The zero-order valence-corrected chi connectivity index (χ0v) is 16.9. The number of aromatic amines is 1. The number of rotatable bonds is 5. The van der Waals surface area contributed by atoms with Gasteiger partial charge in [0.15, 0.2) is 0 Å². The molecule has 6 nitrogen and oxygen atoms in total. The molecule has 2 aliphatic rings. The number of aromatic nitrogens is 2. The Balaban J connectivity index is 1.18. The highest BCUT2D eigenvalue weighted by Gasteiger charge is 2.27. The number of carbonyl (C=O) groups is 2. The van der Waals surface area contributed by atoms with Crippen LogP contribution in [0, 0.1) is 5.92 Å². The van der Waals surface area contributed by atoms with Crippen LogP contribution in [0.2, 0.25) is 0 Å². The Morgan fingerprint density at radius 2 is 1.83 bits per heavy atom. The minimum absolute atomic E-state index is 0.0601. The normalized spacial score (nSPS) is 17.3.